The number of rotatable bonds is 4. The largest absolute Gasteiger partial charge is 0.302 e. The average Bonchev–Trinajstić information content (AvgIpc) is 2.58. The molecule has 0 aromatic rings. The van der Waals surface area contributed by atoms with Crippen molar-refractivity contribution in [2.75, 3.05) is 19.8 Å². The minimum Gasteiger partial charge on any atom is -0.302 e. The fourth-order valence-corrected chi connectivity index (χ4v) is 4.64. The van der Waals surface area contributed by atoms with Crippen molar-refractivity contribution in [3.8, 4) is 0 Å². The van der Waals surface area contributed by atoms with Crippen molar-refractivity contribution < 1.29 is 8.42 Å². The lowest BCUT2D eigenvalue weighted by Crippen LogP contribution is -2.44. The molecule has 2 aliphatic carbocycles. The van der Waals surface area contributed by atoms with E-state index in [1.165, 1.54) is 25.5 Å². The molecule has 0 saturated heterocycles. The van der Waals surface area contributed by atoms with E-state index in [0.717, 1.165) is 31.7 Å². The minimum absolute atomic E-state index is 0.113. The van der Waals surface area contributed by atoms with Crippen LogP contribution in [-0.2, 0) is 9.84 Å². The van der Waals surface area contributed by atoms with Gasteiger partial charge in [0.05, 0.1) is 5.25 Å². The van der Waals surface area contributed by atoms with Crippen LogP contribution >= 0.6 is 0 Å². The quantitative estimate of drug-likeness (QED) is 0.756. The van der Waals surface area contributed by atoms with Crippen molar-refractivity contribution in [3.05, 3.63) is 0 Å². The van der Waals surface area contributed by atoms with Gasteiger partial charge in [0.2, 0.25) is 0 Å². The predicted molar refractivity (Wildman–Crippen MR) is 66.2 cm³/mol. The highest BCUT2D eigenvalue weighted by atomic mass is 32.2. The Kier molecular flexibility index (Phi) is 3.59. The molecule has 94 valence electrons. The van der Waals surface area contributed by atoms with Crippen LogP contribution in [0.25, 0.3) is 0 Å². The Morgan fingerprint density at radius 2 is 1.75 bits per heavy atom. The molecule has 0 aromatic carbocycles. The summed E-state index contributed by atoms with van der Waals surface area (Å²) in [5.41, 5.74) is 0. The third-order valence-electron chi connectivity index (χ3n) is 4.30. The van der Waals surface area contributed by atoms with Gasteiger partial charge in [-0.3, -0.25) is 0 Å². The lowest BCUT2D eigenvalue weighted by atomic mass is 9.85. The summed E-state index contributed by atoms with van der Waals surface area (Å²) in [6, 6.07) is 0.274. The molecule has 4 heteroatoms. The van der Waals surface area contributed by atoms with E-state index < -0.39 is 9.84 Å². The van der Waals surface area contributed by atoms with E-state index in [1.54, 1.807) is 0 Å². The highest BCUT2D eigenvalue weighted by molar-refractivity contribution is 7.91. The van der Waals surface area contributed by atoms with Gasteiger partial charge in [0.15, 0.2) is 9.84 Å². The van der Waals surface area contributed by atoms with Gasteiger partial charge in [-0.05, 0) is 38.6 Å². The summed E-state index contributed by atoms with van der Waals surface area (Å²) in [5, 5.41) is -0.113. The zero-order chi connectivity index (χ0) is 11.8. The zero-order valence-electron chi connectivity index (χ0n) is 10.4. The minimum atomic E-state index is -2.86. The van der Waals surface area contributed by atoms with Gasteiger partial charge in [0.25, 0.3) is 0 Å². The van der Waals surface area contributed by atoms with Crippen molar-refractivity contribution in [2.24, 2.45) is 5.92 Å². The first-order valence-electron chi connectivity index (χ1n) is 6.37. The molecule has 0 aromatic heterocycles. The van der Waals surface area contributed by atoms with E-state index in [9.17, 15) is 8.42 Å². The predicted octanol–water partition coefficient (Wildman–Crippen LogP) is 1.68. The van der Waals surface area contributed by atoms with Gasteiger partial charge < -0.3 is 4.90 Å². The molecule has 0 N–H and O–H groups in total. The highest BCUT2D eigenvalue weighted by Crippen LogP contribution is 2.32. The van der Waals surface area contributed by atoms with Crippen LogP contribution in [0.1, 0.15) is 38.5 Å². The maximum atomic E-state index is 11.7. The van der Waals surface area contributed by atoms with Crippen LogP contribution in [0.3, 0.4) is 0 Å². The smallest absolute Gasteiger partial charge is 0.151 e. The van der Waals surface area contributed by atoms with Crippen molar-refractivity contribution in [1.29, 1.82) is 0 Å². The van der Waals surface area contributed by atoms with Crippen molar-refractivity contribution >= 4 is 9.84 Å². The molecule has 3 nitrogen and oxygen atoms in total. The Bertz CT molecular complexity index is 335. The molecule has 2 saturated carbocycles. The highest BCUT2D eigenvalue weighted by Gasteiger charge is 2.37. The molecule has 0 heterocycles. The lowest BCUT2D eigenvalue weighted by Gasteiger charge is -2.35. The number of nitrogens with zero attached hydrogens (tertiary/aromatic N) is 1. The molecule has 2 aliphatic rings. The van der Waals surface area contributed by atoms with Crippen molar-refractivity contribution in [1.82, 2.24) is 4.90 Å². The number of hydrogen-bond donors (Lipinski definition) is 0. The first kappa shape index (κ1) is 12.4. The van der Waals surface area contributed by atoms with Gasteiger partial charge in [0, 0.05) is 18.8 Å². The van der Waals surface area contributed by atoms with Gasteiger partial charge in [-0.2, -0.15) is 0 Å². The molecule has 2 atom stereocenters. The topological polar surface area (TPSA) is 37.4 Å². The van der Waals surface area contributed by atoms with E-state index in [2.05, 4.69) is 11.9 Å². The van der Waals surface area contributed by atoms with Gasteiger partial charge in [0.1, 0.15) is 0 Å². The Hall–Kier alpha value is -0.0900. The first-order chi connectivity index (χ1) is 7.48. The molecule has 0 radical (unpaired) electrons. The van der Waals surface area contributed by atoms with Gasteiger partial charge in [-0.15, -0.1) is 0 Å². The van der Waals surface area contributed by atoms with E-state index in [0.29, 0.717) is 0 Å². The summed E-state index contributed by atoms with van der Waals surface area (Å²) in [5.74, 6) is 0.825. The average molecular weight is 245 g/mol. The lowest BCUT2D eigenvalue weighted by molar-refractivity contribution is 0.164. The summed E-state index contributed by atoms with van der Waals surface area (Å²) >= 11 is 0. The van der Waals surface area contributed by atoms with Crippen molar-refractivity contribution in [3.63, 3.8) is 0 Å². The molecule has 0 amide bonds. The molecule has 0 spiro atoms. The van der Waals surface area contributed by atoms with Crippen LogP contribution in [0.5, 0.6) is 0 Å². The van der Waals surface area contributed by atoms with E-state index in [1.807, 2.05) is 0 Å². The zero-order valence-corrected chi connectivity index (χ0v) is 11.2. The maximum Gasteiger partial charge on any atom is 0.151 e. The molecule has 2 fully saturated rings. The van der Waals surface area contributed by atoms with Crippen LogP contribution in [0.2, 0.25) is 0 Å². The Morgan fingerprint density at radius 1 is 1.12 bits per heavy atom. The molecular weight excluding hydrogens is 222 g/mol. The van der Waals surface area contributed by atoms with Crippen LogP contribution in [0.4, 0.5) is 0 Å². The fraction of sp³-hybridized carbons (Fsp3) is 1.00. The third kappa shape index (κ3) is 2.59. The van der Waals surface area contributed by atoms with E-state index in [4.69, 9.17) is 0 Å². The monoisotopic (exact) mass is 245 g/mol. The molecule has 0 unspecified atom stereocenters. The Labute approximate surface area is 99.1 Å². The molecule has 16 heavy (non-hydrogen) atoms. The second-order valence-electron chi connectivity index (χ2n) is 5.60. The van der Waals surface area contributed by atoms with Crippen LogP contribution in [-0.4, -0.2) is 44.5 Å². The number of sulfone groups is 1. The number of hydrogen-bond acceptors (Lipinski definition) is 3. The SMILES string of the molecule is CN(CC1CCC1)[C@@H]1CCC[C@H]1S(C)(=O)=O. The molecule has 2 rings (SSSR count). The van der Waals surface area contributed by atoms with Crippen molar-refractivity contribution in [2.45, 2.75) is 49.8 Å². The van der Waals surface area contributed by atoms with Gasteiger partial charge in [-0.25, -0.2) is 8.42 Å². The molecule has 0 aliphatic heterocycles. The third-order valence-corrected chi connectivity index (χ3v) is 5.95. The summed E-state index contributed by atoms with van der Waals surface area (Å²) in [7, 11) is -0.759. The standard InChI is InChI=1S/C12H23NO2S/c1-13(9-10-5-3-6-10)11-7-4-8-12(11)16(2,14)15/h10-12H,3-9H2,1-2H3/t11-,12-/m1/s1. The Morgan fingerprint density at radius 3 is 2.25 bits per heavy atom. The Balaban J connectivity index is 1.96. The van der Waals surface area contributed by atoms with Crippen LogP contribution in [0.15, 0.2) is 0 Å². The first-order valence-corrected chi connectivity index (χ1v) is 8.33. The fourth-order valence-electron chi connectivity index (χ4n) is 3.13. The van der Waals surface area contributed by atoms with E-state index >= 15 is 0 Å². The normalized spacial score (nSPS) is 31.9. The van der Waals surface area contributed by atoms with E-state index in [-0.39, 0.29) is 11.3 Å². The van der Waals surface area contributed by atoms with Crippen LogP contribution < -0.4 is 0 Å². The summed E-state index contributed by atoms with van der Waals surface area (Å²) < 4.78 is 23.4. The second-order valence-corrected chi connectivity index (χ2v) is 7.87. The summed E-state index contributed by atoms with van der Waals surface area (Å²) in [6.07, 6.45) is 8.41. The second kappa shape index (κ2) is 4.65. The van der Waals surface area contributed by atoms with Crippen LogP contribution in [0, 0.1) is 5.92 Å². The van der Waals surface area contributed by atoms with Gasteiger partial charge in [-0.1, -0.05) is 12.8 Å². The maximum absolute atomic E-state index is 11.7. The summed E-state index contributed by atoms with van der Waals surface area (Å²) in [4.78, 5) is 2.31. The molecule has 0 bridgehead atoms. The molecular formula is C12H23NO2S. The summed E-state index contributed by atoms with van der Waals surface area (Å²) in [6.45, 7) is 1.09. The van der Waals surface area contributed by atoms with Gasteiger partial charge >= 0.3 is 0 Å².